The van der Waals surface area contributed by atoms with E-state index in [-0.39, 0.29) is 5.54 Å². The van der Waals surface area contributed by atoms with Crippen LogP contribution in [0, 0.1) is 5.41 Å². The van der Waals surface area contributed by atoms with E-state index in [0.717, 1.165) is 12.8 Å². The molecule has 3 heteroatoms. The number of piperidine rings is 1. The van der Waals surface area contributed by atoms with Crippen molar-refractivity contribution in [2.24, 2.45) is 5.41 Å². The van der Waals surface area contributed by atoms with Gasteiger partial charge in [0.2, 0.25) is 0 Å². The summed E-state index contributed by atoms with van der Waals surface area (Å²) in [4.78, 5) is 2.69. The lowest BCUT2D eigenvalue weighted by Gasteiger charge is -2.40. The van der Waals surface area contributed by atoms with Gasteiger partial charge in [-0.25, -0.2) is 0 Å². The van der Waals surface area contributed by atoms with Crippen LogP contribution in [0.3, 0.4) is 0 Å². The van der Waals surface area contributed by atoms with Crippen LogP contribution in [-0.4, -0.2) is 47.3 Å². The van der Waals surface area contributed by atoms with Gasteiger partial charge in [0.05, 0.1) is 6.61 Å². The molecule has 3 fully saturated rings. The maximum absolute atomic E-state index is 9.81. The van der Waals surface area contributed by atoms with E-state index < -0.39 is 0 Å². The first-order valence-corrected chi connectivity index (χ1v) is 8.15. The third kappa shape index (κ3) is 3.14. The molecule has 1 saturated heterocycles. The Morgan fingerprint density at radius 3 is 2.37 bits per heavy atom. The van der Waals surface area contributed by atoms with Crippen molar-refractivity contribution in [3.63, 3.8) is 0 Å². The fourth-order valence-electron chi connectivity index (χ4n) is 3.89. The summed E-state index contributed by atoms with van der Waals surface area (Å²) in [6.07, 6.45) is 8.84. The minimum atomic E-state index is 0.0405. The highest BCUT2D eigenvalue weighted by Gasteiger charge is 2.44. The lowest BCUT2D eigenvalue weighted by molar-refractivity contribution is 0.0857. The first kappa shape index (κ1) is 13.8. The van der Waals surface area contributed by atoms with Gasteiger partial charge in [-0.15, -0.1) is 0 Å². The number of hydrogen-bond acceptors (Lipinski definition) is 3. The second kappa shape index (κ2) is 5.01. The van der Waals surface area contributed by atoms with E-state index in [1.54, 1.807) is 0 Å². The van der Waals surface area contributed by atoms with E-state index >= 15 is 0 Å². The Morgan fingerprint density at radius 1 is 1.11 bits per heavy atom. The Kier molecular flexibility index (Phi) is 3.65. The van der Waals surface area contributed by atoms with Crippen LogP contribution in [0.4, 0.5) is 0 Å². The van der Waals surface area contributed by atoms with Crippen molar-refractivity contribution in [2.45, 2.75) is 76.4 Å². The summed E-state index contributed by atoms with van der Waals surface area (Å²) in [5, 5.41) is 13.5. The number of aliphatic hydroxyl groups excluding tert-OH is 1. The van der Waals surface area contributed by atoms with Crippen molar-refractivity contribution in [1.82, 2.24) is 10.2 Å². The molecule has 2 atom stereocenters. The predicted molar refractivity (Wildman–Crippen MR) is 78.2 cm³/mol. The molecule has 0 amide bonds. The third-order valence-corrected chi connectivity index (χ3v) is 5.64. The highest BCUT2D eigenvalue weighted by atomic mass is 16.3. The Hall–Kier alpha value is -0.120. The van der Waals surface area contributed by atoms with Crippen molar-refractivity contribution in [3.8, 4) is 0 Å². The maximum atomic E-state index is 9.81. The topological polar surface area (TPSA) is 35.5 Å². The van der Waals surface area contributed by atoms with Crippen LogP contribution in [0.1, 0.15) is 58.8 Å². The number of nitrogens with one attached hydrogen (secondary N) is 1. The molecule has 3 nitrogen and oxygen atoms in total. The van der Waals surface area contributed by atoms with Crippen molar-refractivity contribution >= 4 is 0 Å². The van der Waals surface area contributed by atoms with Gasteiger partial charge < -0.3 is 15.3 Å². The van der Waals surface area contributed by atoms with E-state index in [1.165, 1.54) is 45.2 Å². The highest BCUT2D eigenvalue weighted by Crippen LogP contribution is 2.39. The van der Waals surface area contributed by atoms with Crippen molar-refractivity contribution in [1.29, 1.82) is 0 Å². The molecule has 2 saturated carbocycles. The van der Waals surface area contributed by atoms with E-state index in [2.05, 4.69) is 24.1 Å². The normalized spacial score (nSPS) is 39.6. The lowest BCUT2D eigenvalue weighted by atomic mass is 9.82. The zero-order chi connectivity index (χ0) is 13.5. The molecule has 0 aromatic carbocycles. The van der Waals surface area contributed by atoms with Gasteiger partial charge in [-0.05, 0) is 63.5 Å². The van der Waals surface area contributed by atoms with E-state index in [0.29, 0.717) is 24.1 Å². The summed E-state index contributed by atoms with van der Waals surface area (Å²) in [5.41, 5.74) is 0.578. The van der Waals surface area contributed by atoms with Crippen molar-refractivity contribution < 1.29 is 5.11 Å². The monoisotopic (exact) mass is 266 g/mol. The average Bonchev–Trinajstić information content (AvgIpc) is 3.08. The molecule has 0 spiro atoms. The van der Waals surface area contributed by atoms with Crippen LogP contribution < -0.4 is 5.32 Å². The molecule has 2 aliphatic carbocycles. The third-order valence-electron chi connectivity index (χ3n) is 5.64. The van der Waals surface area contributed by atoms with Crippen molar-refractivity contribution in [2.75, 3.05) is 19.7 Å². The SMILES string of the molecule is CC1(C)CCN(C2CCC(CO)(NC3CC3)C2)CC1. The molecular weight excluding hydrogens is 236 g/mol. The van der Waals surface area contributed by atoms with E-state index in [9.17, 15) is 5.11 Å². The number of likely N-dealkylation sites (tertiary alicyclic amines) is 1. The van der Waals surface area contributed by atoms with Gasteiger partial charge in [-0.2, -0.15) is 0 Å². The summed E-state index contributed by atoms with van der Waals surface area (Å²) in [5.74, 6) is 0. The minimum absolute atomic E-state index is 0.0405. The minimum Gasteiger partial charge on any atom is -0.394 e. The summed E-state index contributed by atoms with van der Waals surface area (Å²) < 4.78 is 0. The number of rotatable bonds is 4. The van der Waals surface area contributed by atoms with Crippen LogP contribution in [0.25, 0.3) is 0 Å². The van der Waals surface area contributed by atoms with Gasteiger partial charge in [-0.3, -0.25) is 0 Å². The van der Waals surface area contributed by atoms with Gasteiger partial charge in [0.25, 0.3) is 0 Å². The number of hydrogen-bond donors (Lipinski definition) is 2. The molecule has 3 aliphatic rings. The van der Waals surface area contributed by atoms with Crippen LogP contribution in [0.5, 0.6) is 0 Å². The Balaban J connectivity index is 1.56. The molecule has 3 rings (SSSR count). The second-order valence-corrected chi connectivity index (χ2v) is 7.95. The summed E-state index contributed by atoms with van der Waals surface area (Å²) in [7, 11) is 0. The molecule has 0 aromatic rings. The smallest absolute Gasteiger partial charge is 0.0614 e. The summed E-state index contributed by atoms with van der Waals surface area (Å²) >= 11 is 0. The van der Waals surface area contributed by atoms with Crippen LogP contribution >= 0.6 is 0 Å². The standard InChI is InChI=1S/C16H30N2O/c1-15(2)7-9-18(10-8-15)14-5-6-16(11-14,12-19)17-13-3-4-13/h13-14,17,19H,3-12H2,1-2H3. The Morgan fingerprint density at radius 2 is 1.79 bits per heavy atom. The fraction of sp³-hybridized carbons (Fsp3) is 1.00. The second-order valence-electron chi connectivity index (χ2n) is 7.95. The van der Waals surface area contributed by atoms with Gasteiger partial charge in [-0.1, -0.05) is 13.8 Å². The van der Waals surface area contributed by atoms with Crippen LogP contribution in [0.15, 0.2) is 0 Å². The zero-order valence-corrected chi connectivity index (χ0v) is 12.6. The number of nitrogens with zero attached hydrogens (tertiary/aromatic N) is 1. The zero-order valence-electron chi connectivity index (χ0n) is 12.6. The van der Waals surface area contributed by atoms with Crippen molar-refractivity contribution in [3.05, 3.63) is 0 Å². The summed E-state index contributed by atoms with van der Waals surface area (Å²) in [6.45, 7) is 7.61. The Bertz CT molecular complexity index is 317. The van der Waals surface area contributed by atoms with E-state index in [4.69, 9.17) is 0 Å². The van der Waals surface area contributed by atoms with Gasteiger partial charge >= 0.3 is 0 Å². The average molecular weight is 266 g/mol. The molecule has 19 heavy (non-hydrogen) atoms. The molecule has 1 heterocycles. The van der Waals surface area contributed by atoms with Gasteiger partial charge in [0, 0.05) is 17.6 Å². The maximum Gasteiger partial charge on any atom is 0.0614 e. The molecule has 1 aliphatic heterocycles. The quantitative estimate of drug-likeness (QED) is 0.818. The van der Waals surface area contributed by atoms with Crippen LogP contribution in [-0.2, 0) is 0 Å². The van der Waals surface area contributed by atoms with Crippen LogP contribution in [0.2, 0.25) is 0 Å². The molecule has 0 aromatic heterocycles. The molecule has 0 radical (unpaired) electrons. The van der Waals surface area contributed by atoms with Gasteiger partial charge in [0.1, 0.15) is 0 Å². The molecule has 2 N–H and O–H groups in total. The highest BCUT2D eigenvalue weighted by molar-refractivity contribution is 5.03. The summed E-state index contributed by atoms with van der Waals surface area (Å²) in [6, 6.07) is 1.40. The molecule has 0 bridgehead atoms. The molecule has 2 unspecified atom stereocenters. The van der Waals surface area contributed by atoms with Gasteiger partial charge in [0.15, 0.2) is 0 Å². The van der Waals surface area contributed by atoms with E-state index in [1.807, 2.05) is 0 Å². The fourth-order valence-corrected chi connectivity index (χ4v) is 3.89. The molecular formula is C16H30N2O. The Labute approximate surface area is 117 Å². The lowest BCUT2D eigenvalue weighted by Crippen LogP contribution is -2.50. The largest absolute Gasteiger partial charge is 0.394 e. The predicted octanol–water partition coefficient (Wildman–Crippen LogP) is 2.14. The first-order valence-electron chi connectivity index (χ1n) is 8.15. The first-order chi connectivity index (χ1) is 9.02. The molecule has 110 valence electrons. The number of aliphatic hydroxyl groups is 1.